The predicted molar refractivity (Wildman–Crippen MR) is 82.7 cm³/mol. The fourth-order valence-corrected chi connectivity index (χ4v) is 2.16. The molecule has 0 bridgehead atoms. The van der Waals surface area contributed by atoms with E-state index in [9.17, 15) is 4.79 Å². The van der Waals surface area contributed by atoms with Gasteiger partial charge in [-0.3, -0.25) is 9.89 Å². The van der Waals surface area contributed by atoms with E-state index in [2.05, 4.69) is 27.4 Å². The van der Waals surface area contributed by atoms with Crippen molar-refractivity contribution in [1.82, 2.24) is 15.2 Å². The number of aromatic nitrogens is 3. The molecule has 0 aliphatic heterocycles. The van der Waals surface area contributed by atoms with Gasteiger partial charge in [0.2, 0.25) is 5.91 Å². The predicted octanol–water partition coefficient (Wildman–Crippen LogP) is 2.24. The van der Waals surface area contributed by atoms with Crippen LogP contribution in [0.15, 0.2) is 24.3 Å². The maximum atomic E-state index is 12.0. The zero-order chi connectivity index (χ0) is 15.2. The Morgan fingerprint density at radius 2 is 2.19 bits per heavy atom. The van der Waals surface area contributed by atoms with E-state index in [1.165, 1.54) is 0 Å². The highest BCUT2D eigenvalue weighted by Crippen LogP contribution is 2.24. The van der Waals surface area contributed by atoms with Gasteiger partial charge in [-0.05, 0) is 25.5 Å². The number of amides is 1. The summed E-state index contributed by atoms with van der Waals surface area (Å²) in [5.74, 6) is 1.22. The summed E-state index contributed by atoms with van der Waals surface area (Å²) in [4.78, 5) is 16.3. The molecule has 4 N–H and O–H groups in total. The molecule has 21 heavy (non-hydrogen) atoms. The van der Waals surface area contributed by atoms with E-state index in [1.807, 2.05) is 31.2 Å². The molecule has 2 aromatic rings. The summed E-state index contributed by atoms with van der Waals surface area (Å²) in [7, 11) is 0. The largest absolute Gasteiger partial charge is 0.327 e. The Bertz CT molecular complexity index is 608. The maximum Gasteiger partial charge on any atom is 0.225 e. The minimum atomic E-state index is -0.104. The van der Waals surface area contributed by atoms with Gasteiger partial charge in [0, 0.05) is 18.0 Å². The average molecular weight is 287 g/mol. The van der Waals surface area contributed by atoms with Gasteiger partial charge in [-0.1, -0.05) is 25.5 Å². The van der Waals surface area contributed by atoms with Crippen LogP contribution < -0.4 is 11.1 Å². The van der Waals surface area contributed by atoms with Crippen LogP contribution in [0.5, 0.6) is 0 Å². The second kappa shape index (κ2) is 6.99. The summed E-state index contributed by atoms with van der Waals surface area (Å²) in [6, 6.07) is 7.37. The lowest BCUT2D eigenvalue weighted by atomic mass is 10.1. The van der Waals surface area contributed by atoms with Gasteiger partial charge >= 0.3 is 0 Å². The number of benzene rings is 1. The molecule has 1 atom stereocenters. The quantitative estimate of drug-likeness (QED) is 0.759. The maximum absolute atomic E-state index is 12.0. The van der Waals surface area contributed by atoms with Gasteiger partial charge in [-0.2, -0.15) is 5.10 Å². The van der Waals surface area contributed by atoms with Crippen LogP contribution in [0, 0.1) is 6.92 Å². The van der Waals surface area contributed by atoms with Crippen molar-refractivity contribution in [3.8, 4) is 11.4 Å². The second-order valence-electron chi connectivity index (χ2n) is 5.09. The van der Waals surface area contributed by atoms with Gasteiger partial charge in [-0.15, -0.1) is 0 Å². The molecule has 6 heteroatoms. The number of carbonyl (C=O) groups excluding carboxylic acids is 1. The van der Waals surface area contributed by atoms with Crippen LogP contribution in [0.4, 0.5) is 5.69 Å². The monoisotopic (exact) mass is 287 g/mol. The lowest BCUT2D eigenvalue weighted by Gasteiger charge is -2.12. The van der Waals surface area contributed by atoms with Crippen molar-refractivity contribution < 1.29 is 4.79 Å². The lowest BCUT2D eigenvalue weighted by Crippen LogP contribution is -2.27. The molecule has 112 valence electrons. The van der Waals surface area contributed by atoms with E-state index in [0.29, 0.717) is 17.9 Å². The molecule has 6 nitrogen and oxygen atoms in total. The van der Waals surface area contributed by atoms with Gasteiger partial charge in [0.25, 0.3) is 0 Å². The molecule has 1 amide bonds. The molecule has 1 aromatic heterocycles. The minimum absolute atomic E-state index is 0.0874. The third kappa shape index (κ3) is 4.13. The molecule has 1 heterocycles. The SMILES string of the molecule is CCCC(N)CC(=O)Nc1ccccc1-c1n[nH]c(C)n1. The molecule has 0 saturated heterocycles. The summed E-state index contributed by atoms with van der Waals surface area (Å²) >= 11 is 0. The van der Waals surface area contributed by atoms with E-state index >= 15 is 0 Å². The fourth-order valence-electron chi connectivity index (χ4n) is 2.16. The van der Waals surface area contributed by atoms with E-state index in [0.717, 1.165) is 24.2 Å². The van der Waals surface area contributed by atoms with Crippen molar-refractivity contribution in [1.29, 1.82) is 0 Å². The first-order valence-electron chi connectivity index (χ1n) is 7.14. The molecule has 0 spiro atoms. The number of nitrogens with zero attached hydrogens (tertiary/aromatic N) is 2. The zero-order valence-corrected chi connectivity index (χ0v) is 12.4. The standard InChI is InChI=1S/C15H21N5O/c1-3-6-11(16)9-14(21)18-13-8-5-4-7-12(13)15-17-10(2)19-20-15/h4-5,7-8,11H,3,6,9,16H2,1-2H3,(H,18,21)(H,17,19,20). The summed E-state index contributed by atoms with van der Waals surface area (Å²) in [5.41, 5.74) is 7.39. The molecule has 0 radical (unpaired) electrons. The molecule has 0 aliphatic rings. The molecule has 1 aromatic carbocycles. The number of nitrogens with two attached hydrogens (primary N) is 1. The van der Waals surface area contributed by atoms with Crippen molar-refractivity contribution in [3.05, 3.63) is 30.1 Å². The van der Waals surface area contributed by atoms with Crippen molar-refractivity contribution in [3.63, 3.8) is 0 Å². The Labute approximate surface area is 124 Å². The summed E-state index contributed by atoms with van der Waals surface area (Å²) in [6.07, 6.45) is 2.13. The first-order valence-corrected chi connectivity index (χ1v) is 7.14. The van der Waals surface area contributed by atoms with E-state index in [4.69, 9.17) is 5.73 Å². The first kappa shape index (κ1) is 15.2. The molecule has 0 fully saturated rings. The number of aromatic amines is 1. The van der Waals surface area contributed by atoms with Crippen molar-refractivity contribution in [2.24, 2.45) is 5.73 Å². The first-order chi connectivity index (χ1) is 10.1. The van der Waals surface area contributed by atoms with Crippen LogP contribution in [0.1, 0.15) is 32.0 Å². The van der Waals surface area contributed by atoms with Gasteiger partial charge in [-0.25, -0.2) is 4.98 Å². The van der Waals surface area contributed by atoms with Crippen LogP contribution >= 0.6 is 0 Å². The summed E-state index contributed by atoms with van der Waals surface area (Å²) in [5, 5.41) is 9.83. The fraction of sp³-hybridized carbons (Fsp3) is 0.400. The Morgan fingerprint density at radius 1 is 1.43 bits per heavy atom. The molecule has 0 saturated carbocycles. The number of hydrogen-bond donors (Lipinski definition) is 3. The van der Waals surface area contributed by atoms with Gasteiger partial charge in [0.15, 0.2) is 5.82 Å². The number of rotatable bonds is 6. The lowest BCUT2D eigenvalue weighted by molar-refractivity contribution is -0.116. The number of aryl methyl sites for hydroxylation is 1. The highest BCUT2D eigenvalue weighted by atomic mass is 16.1. The Kier molecular flexibility index (Phi) is 5.05. The number of hydrogen-bond acceptors (Lipinski definition) is 4. The number of para-hydroxylation sites is 1. The highest BCUT2D eigenvalue weighted by molar-refractivity contribution is 5.94. The van der Waals surface area contributed by atoms with E-state index < -0.39 is 0 Å². The number of H-pyrrole nitrogens is 1. The number of carbonyl (C=O) groups is 1. The van der Waals surface area contributed by atoms with E-state index in [-0.39, 0.29) is 11.9 Å². The Morgan fingerprint density at radius 3 is 2.86 bits per heavy atom. The smallest absolute Gasteiger partial charge is 0.225 e. The second-order valence-corrected chi connectivity index (χ2v) is 5.09. The summed E-state index contributed by atoms with van der Waals surface area (Å²) < 4.78 is 0. The third-order valence-corrected chi connectivity index (χ3v) is 3.15. The highest BCUT2D eigenvalue weighted by Gasteiger charge is 2.13. The van der Waals surface area contributed by atoms with Crippen molar-refractivity contribution in [2.45, 2.75) is 39.2 Å². The molecule has 0 aliphatic carbocycles. The van der Waals surface area contributed by atoms with Crippen molar-refractivity contribution >= 4 is 11.6 Å². The van der Waals surface area contributed by atoms with Crippen molar-refractivity contribution in [2.75, 3.05) is 5.32 Å². The number of anilines is 1. The van der Waals surface area contributed by atoms with Crippen LogP contribution in [-0.4, -0.2) is 27.1 Å². The van der Waals surface area contributed by atoms with Crippen LogP contribution in [0.25, 0.3) is 11.4 Å². The van der Waals surface area contributed by atoms with Crippen LogP contribution in [0.3, 0.4) is 0 Å². The Hall–Kier alpha value is -2.21. The molecule has 2 rings (SSSR count). The van der Waals surface area contributed by atoms with Gasteiger partial charge in [0.05, 0.1) is 5.69 Å². The average Bonchev–Trinajstić information content (AvgIpc) is 2.86. The van der Waals surface area contributed by atoms with Crippen LogP contribution in [-0.2, 0) is 4.79 Å². The molecule has 1 unspecified atom stereocenters. The molecular formula is C15H21N5O. The Balaban J connectivity index is 2.12. The summed E-state index contributed by atoms with van der Waals surface area (Å²) in [6.45, 7) is 3.89. The zero-order valence-electron chi connectivity index (χ0n) is 12.4. The topological polar surface area (TPSA) is 96.7 Å². The number of nitrogens with one attached hydrogen (secondary N) is 2. The third-order valence-electron chi connectivity index (χ3n) is 3.15. The van der Waals surface area contributed by atoms with E-state index in [1.54, 1.807) is 0 Å². The minimum Gasteiger partial charge on any atom is -0.327 e. The molecular weight excluding hydrogens is 266 g/mol. The van der Waals surface area contributed by atoms with Gasteiger partial charge < -0.3 is 11.1 Å². The normalized spacial score (nSPS) is 12.1. The van der Waals surface area contributed by atoms with Crippen LogP contribution in [0.2, 0.25) is 0 Å². The van der Waals surface area contributed by atoms with Gasteiger partial charge in [0.1, 0.15) is 5.82 Å².